The van der Waals surface area contributed by atoms with E-state index in [1.165, 1.54) is 21.1 Å². The molecule has 0 saturated heterocycles. The largest absolute Gasteiger partial charge is 0.467 e. The Morgan fingerprint density at radius 3 is 1.91 bits per heavy atom. The fraction of sp³-hybridized carbons (Fsp3) is 0.700. The Hall–Kier alpha value is -3.00. The monoisotopic (exact) mass is 504 g/mol. The van der Waals surface area contributed by atoms with Crippen molar-refractivity contribution in [3.05, 3.63) is 0 Å². The van der Waals surface area contributed by atoms with Gasteiger partial charge in [0, 0.05) is 15.1 Å². The molecule has 0 bridgehead atoms. The first kappa shape index (κ1) is 31.0. The summed E-state index contributed by atoms with van der Waals surface area (Å²) in [6.07, 6.45) is 0. The SMILES string of the molecule is COC(=O)C(C)N(C)C(=O)CNC(=O)CNC(=O)CNC(=O)COCC(=O)OCC[Si](C)(C)C. The molecular formula is C20H36N4O9Si. The first-order valence-electron chi connectivity index (χ1n) is 10.6. The molecule has 4 amide bonds. The number of amides is 4. The molecule has 0 aliphatic rings. The van der Waals surface area contributed by atoms with Crippen molar-refractivity contribution < 1.29 is 43.0 Å². The first-order valence-corrected chi connectivity index (χ1v) is 14.3. The quantitative estimate of drug-likeness (QED) is 0.173. The standard InChI is InChI=1S/C20H36N4O9Si/c1-14(20(30)31-3)24(2)18(28)11-23-16(26)9-21-15(25)10-22-17(27)12-32-13-19(29)33-7-8-34(4,5)6/h14H,7-13H2,1-6H3,(H,21,25)(H,22,27)(H,23,26). The molecule has 0 aliphatic heterocycles. The van der Waals surface area contributed by atoms with Crippen molar-refractivity contribution in [3.63, 3.8) is 0 Å². The lowest BCUT2D eigenvalue weighted by Crippen LogP contribution is -2.47. The maximum atomic E-state index is 12.0. The van der Waals surface area contributed by atoms with Crippen molar-refractivity contribution in [1.29, 1.82) is 0 Å². The Labute approximate surface area is 200 Å². The minimum Gasteiger partial charge on any atom is -0.467 e. The van der Waals surface area contributed by atoms with E-state index < -0.39 is 69.4 Å². The van der Waals surface area contributed by atoms with E-state index in [4.69, 9.17) is 9.47 Å². The Balaban J connectivity index is 3.99. The van der Waals surface area contributed by atoms with Gasteiger partial charge in [-0.15, -0.1) is 0 Å². The second kappa shape index (κ2) is 15.8. The number of hydrogen-bond donors (Lipinski definition) is 3. The number of likely N-dealkylation sites (N-methyl/N-ethyl adjacent to an activating group) is 1. The summed E-state index contributed by atoms with van der Waals surface area (Å²) in [6, 6.07) is 0.0104. The van der Waals surface area contributed by atoms with Crippen LogP contribution in [0.2, 0.25) is 25.7 Å². The van der Waals surface area contributed by atoms with Gasteiger partial charge in [-0.1, -0.05) is 19.6 Å². The summed E-state index contributed by atoms with van der Waals surface area (Å²) >= 11 is 0. The number of esters is 2. The maximum Gasteiger partial charge on any atom is 0.332 e. The van der Waals surface area contributed by atoms with Gasteiger partial charge in [-0.05, 0) is 13.0 Å². The smallest absolute Gasteiger partial charge is 0.332 e. The number of nitrogens with one attached hydrogen (secondary N) is 3. The summed E-state index contributed by atoms with van der Waals surface area (Å²) in [5.41, 5.74) is 0. The van der Waals surface area contributed by atoms with Crippen LogP contribution in [0.5, 0.6) is 0 Å². The lowest BCUT2D eigenvalue weighted by atomic mass is 10.3. The molecule has 0 rings (SSSR count). The van der Waals surface area contributed by atoms with Gasteiger partial charge in [0.25, 0.3) is 0 Å². The van der Waals surface area contributed by atoms with Crippen LogP contribution in [0.15, 0.2) is 0 Å². The molecule has 0 aromatic rings. The van der Waals surface area contributed by atoms with Crippen molar-refractivity contribution in [3.8, 4) is 0 Å². The zero-order chi connectivity index (χ0) is 26.3. The van der Waals surface area contributed by atoms with Gasteiger partial charge in [0.2, 0.25) is 23.6 Å². The molecule has 0 saturated carbocycles. The summed E-state index contributed by atoms with van der Waals surface area (Å²) in [6.45, 7) is 6.24. The molecular weight excluding hydrogens is 468 g/mol. The fourth-order valence-corrected chi connectivity index (χ4v) is 2.83. The molecule has 0 fully saturated rings. The van der Waals surface area contributed by atoms with Crippen molar-refractivity contribution >= 4 is 43.6 Å². The average molecular weight is 505 g/mol. The normalized spacial score (nSPS) is 11.6. The first-order chi connectivity index (χ1) is 15.8. The third-order valence-electron chi connectivity index (χ3n) is 4.41. The van der Waals surface area contributed by atoms with Crippen LogP contribution >= 0.6 is 0 Å². The molecule has 194 valence electrons. The van der Waals surface area contributed by atoms with E-state index >= 15 is 0 Å². The number of nitrogens with zero attached hydrogens (tertiary/aromatic N) is 1. The Bertz CT molecular complexity index is 740. The van der Waals surface area contributed by atoms with Crippen molar-refractivity contribution in [1.82, 2.24) is 20.9 Å². The van der Waals surface area contributed by atoms with E-state index in [0.717, 1.165) is 10.9 Å². The molecule has 13 nitrogen and oxygen atoms in total. The Morgan fingerprint density at radius 1 is 0.853 bits per heavy atom. The van der Waals surface area contributed by atoms with Crippen LogP contribution in [-0.2, 0) is 43.0 Å². The fourth-order valence-electron chi connectivity index (χ4n) is 2.12. The van der Waals surface area contributed by atoms with Gasteiger partial charge in [0.05, 0.1) is 33.4 Å². The maximum absolute atomic E-state index is 12.0. The van der Waals surface area contributed by atoms with Crippen LogP contribution in [0.1, 0.15) is 6.92 Å². The highest BCUT2D eigenvalue weighted by Crippen LogP contribution is 2.07. The molecule has 1 unspecified atom stereocenters. The summed E-state index contributed by atoms with van der Waals surface area (Å²) in [4.78, 5) is 71.2. The summed E-state index contributed by atoms with van der Waals surface area (Å²) in [5.74, 6) is -3.59. The van der Waals surface area contributed by atoms with Crippen LogP contribution < -0.4 is 16.0 Å². The predicted octanol–water partition coefficient (Wildman–Crippen LogP) is -1.75. The third kappa shape index (κ3) is 14.9. The minimum atomic E-state index is -1.31. The van der Waals surface area contributed by atoms with E-state index in [0.29, 0.717) is 6.61 Å². The second-order valence-corrected chi connectivity index (χ2v) is 14.2. The zero-order valence-corrected chi connectivity index (χ0v) is 21.6. The highest BCUT2D eigenvalue weighted by molar-refractivity contribution is 6.76. The summed E-state index contributed by atoms with van der Waals surface area (Å²) in [7, 11) is 1.28. The van der Waals surface area contributed by atoms with Gasteiger partial charge < -0.3 is 35.1 Å². The molecule has 14 heteroatoms. The Morgan fingerprint density at radius 2 is 1.38 bits per heavy atom. The van der Waals surface area contributed by atoms with Crippen LogP contribution in [0.3, 0.4) is 0 Å². The van der Waals surface area contributed by atoms with Gasteiger partial charge in [-0.3, -0.25) is 19.2 Å². The molecule has 0 heterocycles. The zero-order valence-electron chi connectivity index (χ0n) is 20.6. The predicted molar refractivity (Wildman–Crippen MR) is 123 cm³/mol. The van der Waals surface area contributed by atoms with E-state index in [1.54, 1.807) is 0 Å². The summed E-state index contributed by atoms with van der Waals surface area (Å²) in [5, 5.41) is 6.86. The van der Waals surface area contributed by atoms with Crippen LogP contribution in [0, 0.1) is 0 Å². The summed E-state index contributed by atoms with van der Waals surface area (Å²) < 4.78 is 14.5. The number of methoxy groups -OCH3 is 1. The van der Waals surface area contributed by atoms with E-state index in [-0.39, 0.29) is 13.2 Å². The van der Waals surface area contributed by atoms with E-state index in [1.807, 2.05) is 0 Å². The molecule has 0 aromatic carbocycles. The Kier molecular flexibility index (Phi) is 14.4. The van der Waals surface area contributed by atoms with Crippen molar-refractivity contribution in [2.24, 2.45) is 0 Å². The van der Waals surface area contributed by atoms with Gasteiger partial charge in [0.15, 0.2) is 0 Å². The second-order valence-electron chi connectivity index (χ2n) is 8.56. The van der Waals surface area contributed by atoms with Gasteiger partial charge in [0.1, 0.15) is 19.3 Å². The number of carbonyl (C=O) groups is 6. The van der Waals surface area contributed by atoms with Crippen molar-refractivity contribution in [2.75, 3.05) is 53.6 Å². The molecule has 0 aromatic heterocycles. The van der Waals surface area contributed by atoms with Gasteiger partial charge >= 0.3 is 11.9 Å². The van der Waals surface area contributed by atoms with Crippen LogP contribution in [0.4, 0.5) is 0 Å². The van der Waals surface area contributed by atoms with E-state index in [2.05, 4.69) is 40.3 Å². The lowest BCUT2D eigenvalue weighted by Gasteiger charge is -2.22. The van der Waals surface area contributed by atoms with Gasteiger partial charge in [-0.2, -0.15) is 0 Å². The number of ether oxygens (including phenoxy) is 3. The molecule has 34 heavy (non-hydrogen) atoms. The van der Waals surface area contributed by atoms with Gasteiger partial charge in [-0.25, -0.2) is 9.59 Å². The minimum absolute atomic E-state index is 0.315. The molecule has 3 N–H and O–H groups in total. The number of carbonyl (C=O) groups excluding carboxylic acids is 6. The lowest BCUT2D eigenvalue weighted by molar-refractivity contribution is -0.150. The topological polar surface area (TPSA) is 169 Å². The van der Waals surface area contributed by atoms with E-state index in [9.17, 15) is 28.8 Å². The van der Waals surface area contributed by atoms with Crippen LogP contribution in [-0.4, -0.2) is 108 Å². The van der Waals surface area contributed by atoms with Crippen molar-refractivity contribution in [2.45, 2.75) is 38.7 Å². The average Bonchev–Trinajstić information content (AvgIpc) is 2.77. The number of rotatable bonds is 15. The molecule has 0 radical (unpaired) electrons. The highest BCUT2D eigenvalue weighted by Gasteiger charge is 2.23. The third-order valence-corrected chi connectivity index (χ3v) is 6.12. The molecule has 0 spiro atoms. The molecule has 0 aliphatic carbocycles. The van der Waals surface area contributed by atoms with Crippen LogP contribution in [0.25, 0.3) is 0 Å². The molecule has 1 atom stereocenters. The number of hydrogen-bond acceptors (Lipinski definition) is 9. The highest BCUT2D eigenvalue weighted by atomic mass is 28.3.